The number of nitrogens with zero attached hydrogens (tertiary/aromatic N) is 2. The molecule has 124 valence electrons. The molecular formula is C13H16N4O5S. The van der Waals surface area contributed by atoms with Crippen molar-refractivity contribution in [3.8, 4) is 0 Å². The molecule has 0 atom stereocenters. The molecule has 0 spiro atoms. The third-order valence-corrected chi connectivity index (χ3v) is 4.31. The lowest BCUT2D eigenvalue weighted by Crippen LogP contribution is -2.51. The number of carbonyl (C=O) groups excluding carboxylic acids is 3. The quantitative estimate of drug-likeness (QED) is 0.515. The third kappa shape index (κ3) is 4.27. The number of anilines is 1. The third-order valence-electron chi connectivity index (χ3n) is 3.39. The maximum atomic E-state index is 12.0. The van der Waals surface area contributed by atoms with Crippen LogP contribution in [0.1, 0.15) is 0 Å². The predicted molar refractivity (Wildman–Crippen MR) is 80.7 cm³/mol. The number of hydrogen-bond acceptors (Lipinski definition) is 5. The van der Waals surface area contributed by atoms with Crippen molar-refractivity contribution in [3.63, 3.8) is 0 Å². The highest BCUT2D eigenvalue weighted by Crippen LogP contribution is 2.13. The standard InChI is InChI=1S/C13H16N4O5S/c14-23(21,22)11-3-1-10(2-4-11)15-12(19)13(20)17-7-5-16(9-18)6-8-17/h1-4,9H,5-8H2,(H,15,19)(H2,14,21,22). The highest BCUT2D eigenvalue weighted by atomic mass is 32.2. The van der Waals surface area contributed by atoms with Gasteiger partial charge in [0.25, 0.3) is 0 Å². The monoisotopic (exact) mass is 340 g/mol. The van der Waals surface area contributed by atoms with E-state index in [2.05, 4.69) is 5.32 Å². The number of nitrogens with two attached hydrogens (primary N) is 1. The minimum Gasteiger partial charge on any atom is -0.342 e. The van der Waals surface area contributed by atoms with Gasteiger partial charge in [0, 0.05) is 31.9 Å². The van der Waals surface area contributed by atoms with Crippen molar-refractivity contribution in [1.82, 2.24) is 9.80 Å². The Morgan fingerprint density at radius 1 is 1.09 bits per heavy atom. The van der Waals surface area contributed by atoms with E-state index in [0.29, 0.717) is 19.5 Å². The van der Waals surface area contributed by atoms with Crippen molar-refractivity contribution in [2.45, 2.75) is 4.90 Å². The molecule has 1 saturated heterocycles. The van der Waals surface area contributed by atoms with Gasteiger partial charge in [0.05, 0.1) is 4.90 Å². The van der Waals surface area contributed by atoms with Gasteiger partial charge >= 0.3 is 11.8 Å². The average molecular weight is 340 g/mol. The van der Waals surface area contributed by atoms with Crippen LogP contribution in [-0.2, 0) is 24.4 Å². The zero-order valence-corrected chi connectivity index (χ0v) is 13.0. The summed E-state index contributed by atoms with van der Waals surface area (Å²) in [6, 6.07) is 5.15. The zero-order valence-electron chi connectivity index (χ0n) is 12.1. The lowest BCUT2D eigenvalue weighted by atomic mass is 10.3. The van der Waals surface area contributed by atoms with Crippen LogP contribution in [-0.4, -0.2) is 62.6 Å². The first-order valence-electron chi connectivity index (χ1n) is 6.74. The molecule has 3 amide bonds. The normalized spacial score (nSPS) is 15.2. The molecular weight excluding hydrogens is 324 g/mol. The first-order valence-corrected chi connectivity index (χ1v) is 8.28. The van der Waals surface area contributed by atoms with Gasteiger partial charge in [-0.05, 0) is 24.3 Å². The molecule has 0 saturated carbocycles. The summed E-state index contributed by atoms with van der Waals surface area (Å²) in [5.41, 5.74) is 0.280. The number of sulfonamides is 1. The molecule has 3 N–H and O–H groups in total. The van der Waals surface area contributed by atoms with Crippen molar-refractivity contribution < 1.29 is 22.8 Å². The fourth-order valence-electron chi connectivity index (χ4n) is 2.09. The number of amides is 3. The smallest absolute Gasteiger partial charge is 0.313 e. The van der Waals surface area contributed by atoms with Crippen molar-refractivity contribution in [3.05, 3.63) is 24.3 Å². The number of benzene rings is 1. The second-order valence-electron chi connectivity index (χ2n) is 4.96. The summed E-state index contributed by atoms with van der Waals surface area (Å²) in [7, 11) is -3.81. The Morgan fingerprint density at radius 3 is 2.13 bits per heavy atom. The zero-order chi connectivity index (χ0) is 17.0. The topological polar surface area (TPSA) is 130 Å². The molecule has 9 nitrogen and oxygen atoms in total. The second-order valence-corrected chi connectivity index (χ2v) is 6.52. The lowest BCUT2D eigenvalue weighted by molar-refractivity contribution is -0.144. The molecule has 1 aromatic rings. The predicted octanol–water partition coefficient (Wildman–Crippen LogP) is -1.43. The molecule has 10 heteroatoms. The fourth-order valence-corrected chi connectivity index (χ4v) is 2.60. The van der Waals surface area contributed by atoms with Gasteiger partial charge < -0.3 is 15.1 Å². The van der Waals surface area contributed by atoms with Crippen LogP contribution in [0.5, 0.6) is 0 Å². The summed E-state index contributed by atoms with van der Waals surface area (Å²) in [5.74, 6) is -1.53. The summed E-state index contributed by atoms with van der Waals surface area (Å²) in [5, 5.41) is 7.37. The Balaban J connectivity index is 1.96. The number of carbonyl (C=O) groups is 3. The van der Waals surface area contributed by atoms with Crippen LogP contribution < -0.4 is 10.5 Å². The molecule has 0 aliphatic carbocycles. The maximum Gasteiger partial charge on any atom is 0.313 e. The van der Waals surface area contributed by atoms with E-state index >= 15 is 0 Å². The van der Waals surface area contributed by atoms with E-state index in [-0.39, 0.29) is 23.7 Å². The van der Waals surface area contributed by atoms with Crippen molar-refractivity contribution in [1.29, 1.82) is 0 Å². The minimum atomic E-state index is -3.81. The molecule has 0 bridgehead atoms. The Hall–Kier alpha value is -2.46. The number of nitrogens with one attached hydrogen (secondary N) is 1. The van der Waals surface area contributed by atoms with Crippen LogP contribution in [0, 0.1) is 0 Å². The number of hydrogen-bond donors (Lipinski definition) is 2. The highest BCUT2D eigenvalue weighted by Gasteiger charge is 2.25. The molecule has 0 aromatic heterocycles. The van der Waals surface area contributed by atoms with Crippen LogP contribution in [0.25, 0.3) is 0 Å². The molecule has 1 fully saturated rings. The molecule has 1 aromatic carbocycles. The summed E-state index contributed by atoms with van der Waals surface area (Å²) in [4.78, 5) is 37.3. The second kappa shape index (κ2) is 6.75. The van der Waals surface area contributed by atoms with Gasteiger partial charge in [-0.15, -0.1) is 0 Å². The van der Waals surface area contributed by atoms with Crippen molar-refractivity contribution in [2.24, 2.45) is 5.14 Å². The average Bonchev–Trinajstić information content (AvgIpc) is 2.54. The van der Waals surface area contributed by atoms with Gasteiger partial charge in [0.2, 0.25) is 16.4 Å². The molecule has 1 aliphatic rings. The summed E-state index contributed by atoms with van der Waals surface area (Å²) in [6.07, 6.45) is 0.703. The van der Waals surface area contributed by atoms with Gasteiger partial charge in [-0.3, -0.25) is 14.4 Å². The van der Waals surface area contributed by atoms with E-state index in [1.807, 2.05) is 0 Å². The number of piperazine rings is 1. The Labute approximate surface area is 133 Å². The number of primary sulfonamides is 1. The Bertz CT molecular complexity index is 708. The van der Waals surface area contributed by atoms with Crippen molar-refractivity contribution >= 4 is 33.9 Å². The maximum absolute atomic E-state index is 12.0. The molecule has 23 heavy (non-hydrogen) atoms. The van der Waals surface area contributed by atoms with Gasteiger partial charge in [0.1, 0.15) is 0 Å². The Morgan fingerprint density at radius 2 is 1.65 bits per heavy atom. The van der Waals surface area contributed by atoms with Crippen molar-refractivity contribution in [2.75, 3.05) is 31.5 Å². The van der Waals surface area contributed by atoms with Gasteiger partial charge in [-0.2, -0.15) is 0 Å². The van der Waals surface area contributed by atoms with Gasteiger partial charge in [0.15, 0.2) is 0 Å². The molecule has 2 rings (SSSR count). The van der Waals surface area contributed by atoms with E-state index < -0.39 is 21.8 Å². The molecule has 0 radical (unpaired) electrons. The first-order chi connectivity index (χ1) is 10.8. The number of rotatable bonds is 3. The first kappa shape index (κ1) is 16.9. The van der Waals surface area contributed by atoms with Crippen LogP contribution in [0.2, 0.25) is 0 Å². The Kier molecular flexibility index (Phi) is 4.96. The molecule has 1 aliphatic heterocycles. The van der Waals surface area contributed by atoms with Gasteiger partial charge in [-0.25, -0.2) is 13.6 Å². The highest BCUT2D eigenvalue weighted by molar-refractivity contribution is 7.89. The summed E-state index contributed by atoms with van der Waals surface area (Å²) < 4.78 is 22.3. The summed E-state index contributed by atoms with van der Waals surface area (Å²) >= 11 is 0. The largest absolute Gasteiger partial charge is 0.342 e. The van der Waals surface area contributed by atoms with E-state index in [1.54, 1.807) is 0 Å². The van der Waals surface area contributed by atoms with Crippen LogP contribution in [0.4, 0.5) is 5.69 Å². The van der Waals surface area contributed by atoms with E-state index in [1.165, 1.54) is 34.1 Å². The van der Waals surface area contributed by atoms with Crippen LogP contribution in [0.3, 0.4) is 0 Å². The fraction of sp³-hybridized carbons (Fsp3) is 0.308. The SMILES string of the molecule is NS(=O)(=O)c1ccc(NC(=O)C(=O)N2CCN(C=O)CC2)cc1. The minimum absolute atomic E-state index is 0.0909. The van der Waals surface area contributed by atoms with Crippen LogP contribution >= 0.6 is 0 Å². The molecule has 0 unspecified atom stereocenters. The van der Waals surface area contributed by atoms with Gasteiger partial charge in [-0.1, -0.05) is 0 Å². The van der Waals surface area contributed by atoms with E-state index in [4.69, 9.17) is 5.14 Å². The van der Waals surface area contributed by atoms with E-state index in [0.717, 1.165) is 0 Å². The van der Waals surface area contributed by atoms with Crippen LogP contribution in [0.15, 0.2) is 29.2 Å². The van der Waals surface area contributed by atoms with E-state index in [9.17, 15) is 22.8 Å². The molecule has 1 heterocycles. The lowest BCUT2D eigenvalue weighted by Gasteiger charge is -2.31. The summed E-state index contributed by atoms with van der Waals surface area (Å²) in [6.45, 7) is 1.34.